The zero-order valence-corrected chi connectivity index (χ0v) is 9.35. The SMILES string of the molecule is Cc1ncccc1Oc1ncc(F)cc1CN. The first-order valence-corrected chi connectivity index (χ1v) is 5.14. The lowest BCUT2D eigenvalue weighted by Gasteiger charge is -2.09. The van der Waals surface area contributed by atoms with Gasteiger partial charge in [-0.2, -0.15) is 0 Å². The van der Waals surface area contributed by atoms with E-state index in [0.717, 1.165) is 11.9 Å². The molecular formula is C12H12FN3O. The average molecular weight is 233 g/mol. The first-order chi connectivity index (χ1) is 8.20. The molecule has 0 aromatic carbocycles. The smallest absolute Gasteiger partial charge is 0.223 e. The summed E-state index contributed by atoms with van der Waals surface area (Å²) in [5, 5.41) is 0. The van der Waals surface area contributed by atoms with Crippen LogP contribution in [0.15, 0.2) is 30.6 Å². The summed E-state index contributed by atoms with van der Waals surface area (Å²) in [4.78, 5) is 7.97. The third kappa shape index (κ3) is 2.57. The van der Waals surface area contributed by atoms with E-state index in [1.807, 2.05) is 6.92 Å². The lowest BCUT2D eigenvalue weighted by molar-refractivity contribution is 0.446. The van der Waals surface area contributed by atoms with Gasteiger partial charge in [0, 0.05) is 18.3 Å². The summed E-state index contributed by atoms with van der Waals surface area (Å²) >= 11 is 0. The summed E-state index contributed by atoms with van der Waals surface area (Å²) in [6.45, 7) is 1.99. The van der Waals surface area contributed by atoms with Gasteiger partial charge in [-0.1, -0.05) is 0 Å². The Bertz CT molecular complexity index is 531. The molecule has 2 aromatic heterocycles. The molecule has 2 aromatic rings. The van der Waals surface area contributed by atoms with Gasteiger partial charge in [0.15, 0.2) is 5.75 Å². The summed E-state index contributed by atoms with van der Waals surface area (Å²) in [6, 6.07) is 4.84. The molecule has 88 valence electrons. The molecule has 0 unspecified atom stereocenters. The Kier molecular flexibility index (Phi) is 3.30. The van der Waals surface area contributed by atoms with Crippen LogP contribution in [-0.4, -0.2) is 9.97 Å². The highest BCUT2D eigenvalue weighted by molar-refractivity contribution is 5.34. The minimum atomic E-state index is -0.430. The normalized spacial score (nSPS) is 10.3. The Balaban J connectivity index is 2.33. The van der Waals surface area contributed by atoms with Gasteiger partial charge in [0.05, 0.1) is 11.9 Å². The van der Waals surface area contributed by atoms with Crippen molar-refractivity contribution in [2.45, 2.75) is 13.5 Å². The van der Waals surface area contributed by atoms with Crippen molar-refractivity contribution in [1.29, 1.82) is 0 Å². The predicted molar refractivity (Wildman–Crippen MR) is 61.1 cm³/mol. The van der Waals surface area contributed by atoms with Crippen molar-refractivity contribution in [3.8, 4) is 11.6 Å². The molecule has 0 aliphatic carbocycles. The largest absolute Gasteiger partial charge is 0.437 e. The van der Waals surface area contributed by atoms with E-state index in [1.165, 1.54) is 6.07 Å². The molecule has 0 amide bonds. The van der Waals surface area contributed by atoms with Crippen molar-refractivity contribution in [1.82, 2.24) is 9.97 Å². The number of hydrogen-bond acceptors (Lipinski definition) is 4. The van der Waals surface area contributed by atoms with Crippen LogP contribution in [-0.2, 0) is 6.54 Å². The molecule has 2 N–H and O–H groups in total. The minimum absolute atomic E-state index is 0.166. The van der Waals surface area contributed by atoms with Crippen molar-refractivity contribution in [3.05, 3.63) is 47.7 Å². The van der Waals surface area contributed by atoms with Crippen molar-refractivity contribution in [2.24, 2.45) is 5.73 Å². The number of nitrogens with zero attached hydrogens (tertiary/aromatic N) is 2. The molecule has 0 saturated carbocycles. The first-order valence-electron chi connectivity index (χ1n) is 5.14. The lowest BCUT2D eigenvalue weighted by Crippen LogP contribution is -2.02. The molecule has 0 radical (unpaired) electrons. The van der Waals surface area contributed by atoms with Crippen LogP contribution in [0, 0.1) is 12.7 Å². The molecule has 2 heterocycles. The highest BCUT2D eigenvalue weighted by Crippen LogP contribution is 2.24. The van der Waals surface area contributed by atoms with Crippen molar-refractivity contribution < 1.29 is 9.13 Å². The van der Waals surface area contributed by atoms with Crippen LogP contribution >= 0.6 is 0 Å². The second-order valence-corrected chi connectivity index (χ2v) is 3.51. The number of aromatic nitrogens is 2. The van der Waals surface area contributed by atoms with Gasteiger partial charge < -0.3 is 10.5 Å². The number of ether oxygens (including phenoxy) is 1. The van der Waals surface area contributed by atoms with E-state index in [1.54, 1.807) is 18.3 Å². The van der Waals surface area contributed by atoms with E-state index in [9.17, 15) is 4.39 Å². The Morgan fingerprint density at radius 1 is 1.41 bits per heavy atom. The summed E-state index contributed by atoms with van der Waals surface area (Å²) in [6.07, 6.45) is 2.77. The standard InChI is InChI=1S/C12H12FN3O/c1-8-11(3-2-4-15-8)17-12-9(6-14)5-10(13)7-16-12/h2-5,7H,6,14H2,1H3. The predicted octanol–water partition coefficient (Wildman–Crippen LogP) is 2.18. The fourth-order valence-corrected chi connectivity index (χ4v) is 1.39. The lowest BCUT2D eigenvalue weighted by atomic mass is 10.2. The summed E-state index contributed by atoms with van der Waals surface area (Å²) in [5.74, 6) is 0.465. The van der Waals surface area contributed by atoms with Crippen LogP contribution in [0.2, 0.25) is 0 Å². The van der Waals surface area contributed by atoms with Crippen LogP contribution in [0.25, 0.3) is 0 Å². The van der Waals surface area contributed by atoms with E-state index in [2.05, 4.69) is 9.97 Å². The molecule has 4 nitrogen and oxygen atoms in total. The van der Waals surface area contributed by atoms with Gasteiger partial charge in [0.1, 0.15) is 5.82 Å². The molecule has 0 aliphatic rings. The Morgan fingerprint density at radius 3 is 2.94 bits per heavy atom. The zero-order valence-electron chi connectivity index (χ0n) is 9.35. The van der Waals surface area contributed by atoms with Gasteiger partial charge in [0.2, 0.25) is 5.88 Å². The molecule has 0 spiro atoms. The van der Waals surface area contributed by atoms with Crippen LogP contribution in [0.3, 0.4) is 0 Å². The number of aryl methyl sites for hydroxylation is 1. The second kappa shape index (κ2) is 4.88. The van der Waals surface area contributed by atoms with Crippen LogP contribution in [0.1, 0.15) is 11.3 Å². The molecule has 0 saturated heterocycles. The zero-order chi connectivity index (χ0) is 12.3. The number of pyridine rings is 2. The quantitative estimate of drug-likeness (QED) is 0.882. The van der Waals surface area contributed by atoms with Crippen molar-refractivity contribution in [3.63, 3.8) is 0 Å². The molecule has 0 atom stereocenters. The first kappa shape index (κ1) is 11.5. The van der Waals surface area contributed by atoms with E-state index in [0.29, 0.717) is 17.2 Å². The Hall–Kier alpha value is -2.01. The van der Waals surface area contributed by atoms with E-state index in [4.69, 9.17) is 10.5 Å². The molecule has 5 heteroatoms. The summed E-state index contributed by atoms with van der Waals surface area (Å²) < 4.78 is 18.5. The monoisotopic (exact) mass is 233 g/mol. The third-order valence-corrected chi connectivity index (χ3v) is 2.28. The minimum Gasteiger partial charge on any atom is -0.437 e. The van der Waals surface area contributed by atoms with Crippen LogP contribution < -0.4 is 10.5 Å². The highest BCUT2D eigenvalue weighted by Gasteiger charge is 2.08. The fraction of sp³-hybridized carbons (Fsp3) is 0.167. The molecule has 0 bridgehead atoms. The van der Waals surface area contributed by atoms with Gasteiger partial charge in [-0.25, -0.2) is 9.37 Å². The average Bonchev–Trinajstić information content (AvgIpc) is 2.34. The van der Waals surface area contributed by atoms with Crippen LogP contribution in [0.4, 0.5) is 4.39 Å². The topological polar surface area (TPSA) is 61.0 Å². The van der Waals surface area contributed by atoms with E-state index < -0.39 is 5.82 Å². The van der Waals surface area contributed by atoms with Gasteiger partial charge in [-0.15, -0.1) is 0 Å². The van der Waals surface area contributed by atoms with Crippen LogP contribution in [0.5, 0.6) is 11.6 Å². The van der Waals surface area contributed by atoms with Gasteiger partial charge in [-0.05, 0) is 25.1 Å². The molecule has 2 rings (SSSR count). The molecular weight excluding hydrogens is 221 g/mol. The maximum atomic E-state index is 13.0. The molecule has 17 heavy (non-hydrogen) atoms. The number of halogens is 1. The molecule has 0 fully saturated rings. The number of rotatable bonds is 3. The van der Waals surface area contributed by atoms with E-state index in [-0.39, 0.29) is 6.54 Å². The van der Waals surface area contributed by atoms with Crippen molar-refractivity contribution >= 4 is 0 Å². The summed E-state index contributed by atoms with van der Waals surface area (Å²) in [5.41, 5.74) is 6.77. The van der Waals surface area contributed by atoms with Gasteiger partial charge in [0.25, 0.3) is 0 Å². The van der Waals surface area contributed by atoms with Gasteiger partial charge >= 0.3 is 0 Å². The van der Waals surface area contributed by atoms with E-state index >= 15 is 0 Å². The summed E-state index contributed by atoms with van der Waals surface area (Å²) in [7, 11) is 0. The van der Waals surface area contributed by atoms with Gasteiger partial charge in [-0.3, -0.25) is 4.98 Å². The second-order valence-electron chi connectivity index (χ2n) is 3.51. The third-order valence-electron chi connectivity index (χ3n) is 2.28. The number of nitrogens with two attached hydrogens (primary N) is 1. The highest BCUT2D eigenvalue weighted by atomic mass is 19.1. The maximum absolute atomic E-state index is 13.0. The van der Waals surface area contributed by atoms with Crippen molar-refractivity contribution in [2.75, 3.05) is 0 Å². The fourth-order valence-electron chi connectivity index (χ4n) is 1.39. The Morgan fingerprint density at radius 2 is 2.24 bits per heavy atom. The number of hydrogen-bond donors (Lipinski definition) is 1. The maximum Gasteiger partial charge on any atom is 0.223 e. The molecule has 0 aliphatic heterocycles. The Labute approximate surface area is 98.3 Å².